The van der Waals surface area contributed by atoms with Crippen molar-refractivity contribution in [2.45, 2.75) is 64.1 Å². The van der Waals surface area contributed by atoms with Crippen LogP contribution in [0, 0.1) is 0 Å². The fraction of sp³-hybridized carbons (Fsp3) is 0.667. The van der Waals surface area contributed by atoms with Gasteiger partial charge in [-0.3, -0.25) is 10.1 Å². The first-order valence-corrected chi connectivity index (χ1v) is 8.14. The summed E-state index contributed by atoms with van der Waals surface area (Å²) in [5.41, 5.74) is 0. The summed E-state index contributed by atoms with van der Waals surface area (Å²) in [6.07, 6.45) is 6.09. The van der Waals surface area contributed by atoms with E-state index in [4.69, 9.17) is 0 Å². The molecule has 3 nitrogen and oxygen atoms in total. The normalized spacial score (nSPS) is 19.9. The van der Waals surface area contributed by atoms with E-state index in [1.165, 1.54) is 24.1 Å². The Labute approximate surface area is 119 Å². The third-order valence-electron chi connectivity index (χ3n) is 3.81. The van der Waals surface area contributed by atoms with Crippen molar-refractivity contribution < 1.29 is 4.79 Å². The molecule has 1 aromatic heterocycles. The van der Waals surface area contributed by atoms with E-state index in [-0.39, 0.29) is 18.0 Å². The van der Waals surface area contributed by atoms with Gasteiger partial charge in [0.1, 0.15) is 0 Å². The molecule has 4 heteroatoms. The first kappa shape index (κ1) is 14.5. The highest BCUT2D eigenvalue weighted by Gasteiger charge is 2.21. The second kappa shape index (κ2) is 7.06. The molecule has 0 radical (unpaired) electrons. The van der Waals surface area contributed by atoms with Gasteiger partial charge in [0, 0.05) is 17.0 Å². The van der Waals surface area contributed by atoms with Gasteiger partial charge in [0.2, 0.25) is 5.91 Å². The van der Waals surface area contributed by atoms with Gasteiger partial charge in [-0.15, -0.1) is 11.3 Å². The highest BCUT2D eigenvalue weighted by Crippen LogP contribution is 2.19. The monoisotopic (exact) mass is 280 g/mol. The van der Waals surface area contributed by atoms with Crippen LogP contribution in [0.3, 0.4) is 0 Å². The lowest BCUT2D eigenvalue weighted by Crippen LogP contribution is -2.47. The molecule has 0 bridgehead atoms. The van der Waals surface area contributed by atoms with Crippen LogP contribution in [0.4, 0.5) is 0 Å². The average molecular weight is 280 g/mol. The van der Waals surface area contributed by atoms with Crippen molar-refractivity contribution >= 4 is 17.2 Å². The quantitative estimate of drug-likeness (QED) is 0.869. The molecule has 1 aliphatic rings. The Bertz CT molecular complexity index is 385. The Balaban J connectivity index is 1.78. The Morgan fingerprint density at radius 1 is 1.32 bits per heavy atom. The molecule has 1 fully saturated rings. The zero-order valence-corrected chi connectivity index (χ0v) is 12.6. The van der Waals surface area contributed by atoms with Crippen molar-refractivity contribution in [1.82, 2.24) is 10.6 Å². The highest BCUT2D eigenvalue weighted by molar-refractivity contribution is 7.10. The molecule has 1 aliphatic carbocycles. The van der Waals surface area contributed by atoms with E-state index in [0.29, 0.717) is 6.04 Å². The van der Waals surface area contributed by atoms with Crippen molar-refractivity contribution in [2.24, 2.45) is 0 Å². The number of carbonyl (C=O) groups excluding carboxylic acids is 1. The molecule has 0 spiro atoms. The smallest absolute Gasteiger partial charge is 0.237 e. The number of amides is 1. The Morgan fingerprint density at radius 2 is 2.05 bits per heavy atom. The predicted molar refractivity (Wildman–Crippen MR) is 80.3 cm³/mol. The number of rotatable bonds is 5. The van der Waals surface area contributed by atoms with Crippen LogP contribution in [-0.2, 0) is 4.79 Å². The maximum atomic E-state index is 12.1. The molecule has 2 atom stereocenters. The largest absolute Gasteiger partial charge is 0.352 e. The molecule has 0 unspecified atom stereocenters. The number of thiophene rings is 1. The Kier molecular flexibility index (Phi) is 5.40. The lowest BCUT2D eigenvalue weighted by molar-refractivity contribution is -0.123. The van der Waals surface area contributed by atoms with Crippen LogP contribution < -0.4 is 10.6 Å². The predicted octanol–water partition coefficient (Wildman–Crippen LogP) is 3.24. The summed E-state index contributed by atoms with van der Waals surface area (Å²) in [4.78, 5) is 13.4. The molecule has 0 saturated heterocycles. The molecule has 1 amide bonds. The maximum Gasteiger partial charge on any atom is 0.237 e. The standard InChI is InChI=1S/C15H24N2OS/c1-11(14-9-6-10-19-14)16-12(2)15(18)17-13-7-4-3-5-8-13/h6,9-13,16H,3-5,7-8H2,1-2H3,(H,17,18)/t11-,12+/m1/s1. The summed E-state index contributed by atoms with van der Waals surface area (Å²) < 4.78 is 0. The maximum absolute atomic E-state index is 12.1. The first-order valence-electron chi connectivity index (χ1n) is 7.26. The lowest BCUT2D eigenvalue weighted by atomic mass is 9.95. The van der Waals surface area contributed by atoms with Crippen LogP contribution >= 0.6 is 11.3 Å². The van der Waals surface area contributed by atoms with Gasteiger partial charge in [-0.2, -0.15) is 0 Å². The van der Waals surface area contributed by atoms with Crippen LogP contribution in [-0.4, -0.2) is 18.0 Å². The van der Waals surface area contributed by atoms with Crippen molar-refractivity contribution in [3.63, 3.8) is 0 Å². The second-order valence-electron chi connectivity index (χ2n) is 5.47. The van der Waals surface area contributed by atoms with E-state index in [0.717, 1.165) is 12.8 Å². The number of hydrogen-bond donors (Lipinski definition) is 2. The van der Waals surface area contributed by atoms with Crippen LogP contribution in [0.5, 0.6) is 0 Å². The zero-order valence-electron chi connectivity index (χ0n) is 11.8. The van der Waals surface area contributed by atoms with Crippen LogP contribution in [0.15, 0.2) is 17.5 Å². The molecular formula is C15H24N2OS. The molecule has 2 N–H and O–H groups in total. The lowest BCUT2D eigenvalue weighted by Gasteiger charge is -2.25. The SMILES string of the molecule is C[C@H](N[C@H](C)c1cccs1)C(=O)NC1CCCCC1. The molecule has 19 heavy (non-hydrogen) atoms. The molecule has 1 saturated carbocycles. The van der Waals surface area contributed by atoms with E-state index in [9.17, 15) is 4.79 Å². The van der Waals surface area contributed by atoms with Crippen LogP contribution in [0.25, 0.3) is 0 Å². The Morgan fingerprint density at radius 3 is 2.68 bits per heavy atom. The Hall–Kier alpha value is -0.870. The summed E-state index contributed by atoms with van der Waals surface area (Å²) in [5, 5.41) is 8.61. The minimum Gasteiger partial charge on any atom is -0.352 e. The molecule has 106 valence electrons. The van der Waals surface area contributed by atoms with Crippen LogP contribution in [0.2, 0.25) is 0 Å². The zero-order chi connectivity index (χ0) is 13.7. The van der Waals surface area contributed by atoms with Gasteiger partial charge in [0.05, 0.1) is 6.04 Å². The van der Waals surface area contributed by atoms with Gasteiger partial charge >= 0.3 is 0 Å². The van der Waals surface area contributed by atoms with Crippen molar-refractivity contribution in [3.8, 4) is 0 Å². The van der Waals surface area contributed by atoms with E-state index >= 15 is 0 Å². The van der Waals surface area contributed by atoms with Gasteiger partial charge in [-0.25, -0.2) is 0 Å². The fourth-order valence-electron chi connectivity index (χ4n) is 2.64. The van der Waals surface area contributed by atoms with Gasteiger partial charge in [-0.1, -0.05) is 25.3 Å². The third kappa shape index (κ3) is 4.32. The fourth-order valence-corrected chi connectivity index (χ4v) is 3.39. The van der Waals surface area contributed by atoms with Gasteiger partial charge in [0.15, 0.2) is 0 Å². The summed E-state index contributed by atoms with van der Waals surface area (Å²) in [6.45, 7) is 4.05. The van der Waals surface area contributed by atoms with Crippen LogP contribution in [0.1, 0.15) is 56.9 Å². The van der Waals surface area contributed by atoms with Gasteiger partial charge < -0.3 is 5.32 Å². The first-order chi connectivity index (χ1) is 9.16. The van der Waals surface area contributed by atoms with Crippen molar-refractivity contribution in [3.05, 3.63) is 22.4 Å². The van der Waals surface area contributed by atoms with E-state index in [1.54, 1.807) is 11.3 Å². The molecule has 1 aromatic rings. The summed E-state index contributed by atoms with van der Waals surface area (Å²) >= 11 is 1.73. The topological polar surface area (TPSA) is 41.1 Å². The number of carbonyl (C=O) groups is 1. The number of hydrogen-bond acceptors (Lipinski definition) is 3. The van der Waals surface area contributed by atoms with E-state index in [2.05, 4.69) is 29.0 Å². The van der Waals surface area contributed by atoms with Gasteiger partial charge in [0.25, 0.3) is 0 Å². The summed E-state index contributed by atoms with van der Waals surface area (Å²) in [6, 6.07) is 4.63. The van der Waals surface area contributed by atoms with Crippen molar-refractivity contribution in [2.75, 3.05) is 0 Å². The minimum atomic E-state index is -0.140. The molecule has 2 rings (SSSR count). The molecule has 0 aromatic carbocycles. The molecular weight excluding hydrogens is 256 g/mol. The van der Waals surface area contributed by atoms with E-state index < -0.39 is 0 Å². The summed E-state index contributed by atoms with van der Waals surface area (Å²) in [7, 11) is 0. The second-order valence-corrected chi connectivity index (χ2v) is 6.45. The average Bonchev–Trinajstić information content (AvgIpc) is 2.93. The third-order valence-corrected chi connectivity index (χ3v) is 4.87. The van der Waals surface area contributed by atoms with Gasteiger partial charge in [-0.05, 0) is 38.1 Å². The van der Waals surface area contributed by atoms with E-state index in [1.807, 2.05) is 13.0 Å². The number of nitrogens with one attached hydrogen (secondary N) is 2. The minimum absolute atomic E-state index is 0.135. The highest BCUT2D eigenvalue weighted by atomic mass is 32.1. The van der Waals surface area contributed by atoms with Crippen molar-refractivity contribution in [1.29, 1.82) is 0 Å². The molecule has 0 aliphatic heterocycles. The summed E-state index contributed by atoms with van der Waals surface area (Å²) in [5.74, 6) is 0.135. The molecule has 1 heterocycles.